The molecule has 0 aliphatic carbocycles. The van der Waals surface area contributed by atoms with Crippen LogP contribution in [0.2, 0.25) is 0 Å². The van der Waals surface area contributed by atoms with E-state index in [1.807, 2.05) is 13.0 Å². The van der Waals surface area contributed by atoms with E-state index in [1.165, 1.54) is 23.6 Å². The van der Waals surface area contributed by atoms with Gasteiger partial charge in [0.1, 0.15) is 18.1 Å². The molecule has 3 rings (SSSR count). The summed E-state index contributed by atoms with van der Waals surface area (Å²) in [4.78, 5) is 25.7. The minimum absolute atomic E-state index is 0. The van der Waals surface area contributed by atoms with E-state index in [0.29, 0.717) is 32.6 Å². The molecule has 0 atom stereocenters. The summed E-state index contributed by atoms with van der Waals surface area (Å²) in [6.45, 7) is 7.42. The molecule has 9 heteroatoms. The second kappa shape index (κ2) is 12.0. The van der Waals surface area contributed by atoms with E-state index in [0.717, 1.165) is 17.5 Å². The summed E-state index contributed by atoms with van der Waals surface area (Å²) in [7, 11) is 0. The number of phenolic OH excluding ortho intramolecular Hbond substituents is 1. The summed E-state index contributed by atoms with van der Waals surface area (Å²) in [6, 6.07) is 10.5. The number of hydrogen-bond donors (Lipinski definition) is 1. The first-order chi connectivity index (χ1) is 13.8. The maximum atomic E-state index is 12.2. The Morgan fingerprint density at radius 3 is 2.35 bits per heavy atom. The van der Waals surface area contributed by atoms with Crippen molar-refractivity contribution in [3.8, 4) is 11.5 Å². The molecule has 154 valence electrons. The third-order valence-corrected chi connectivity index (χ3v) is 5.79. The van der Waals surface area contributed by atoms with Gasteiger partial charge in [0.2, 0.25) is 0 Å². The van der Waals surface area contributed by atoms with Crippen LogP contribution in [0.5, 0.6) is 11.5 Å². The Morgan fingerprint density at radius 1 is 1.19 bits per heavy atom. The number of rotatable bonds is 7. The molecule has 0 unspecified atom stereocenters. The number of hydrogen-bond acceptors (Lipinski definition) is 6. The number of carbonyl (C=O) groups is 2. The number of amides is 1. The molecule has 0 spiro atoms. The number of thiocarbonyl (C=S) groups is 1. The first kappa shape index (κ1) is 27.6. The van der Waals surface area contributed by atoms with Crippen LogP contribution in [0, 0.1) is 0 Å². The summed E-state index contributed by atoms with van der Waals surface area (Å²) in [5.74, 6) is 0.280. The molecule has 1 amide bonds. The van der Waals surface area contributed by atoms with E-state index >= 15 is 0 Å². The van der Waals surface area contributed by atoms with Crippen LogP contribution in [0.1, 0.15) is 41.8 Å². The number of anilines is 1. The van der Waals surface area contributed by atoms with Gasteiger partial charge in [0.25, 0.3) is 5.91 Å². The van der Waals surface area contributed by atoms with E-state index < -0.39 is 0 Å². The Hall–Kier alpha value is -1.45. The molecule has 1 saturated heterocycles. The van der Waals surface area contributed by atoms with Gasteiger partial charge in [0, 0.05) is 5.56 Å². The molecule has 31 heavy (non-hydrogen) atoms. The third-order valence-electron chi connectivity index (χ3n) is 4.58. The normalized spacial score (nSPS) is 13.0. The predicted molar refractivity (Wildman–Crippen MR) is 134 cm³/mol. The molecule has 0 saturated carbocycles. The second-order valence-electron chi connectivity index (χ2n) is 6.62. The van der Waals surface area contributed by atoms with Crippen LogP contribution in [0.3, 0.4) is 0 Å². The van der Waals surface area contributed by atoms with Crippen LogP contribution in [-0.2, 0) is 17.8 Å². The van der Waals surface area contributed by atoms with Crippen LogP contribution in [0.4, 0.5) is 5.69 Å². The van der Waals surface area contributed by atoms with Gasteiger partial charge in [-0.3, -0.25) is 14.5 Å². The quantitative estimate of drug-likeness (QED) is 0.305. The average Bonchev–Trinajstić information content (AvgIpc) is 2.94. The number of benzene rings is 2. The zero-order valence-corrected chi connectivity index (χ0v) is 17.9. The molecule has 0 radical (unpaired) electrons. The van der Waals surface area contributed by atoms with Crippen molar-refractivity contribution in [2.45, 2.75) is 33.3 Å². The molecular weight excluding hydrogens is 420 g/mol. The number of phenols is 1. The Morgan fingerprint density at radius 2 is 1.84 bits per heavy atom. The van der Waals surface area contributed by atoms with Crippen LogP contribution in [0.15, 0.2) is 47.9 Å². The van der Waals surface area contributed by atoms with E-state index in [2.05, 4.69) is 6.58 Å². The van der Waals surface area contributed by atoms with Gasteiger partial charge in [0.05, 0.1) is 16.2 Å². The van der Waals surface area contributed by atoms with Gasteiger partial charge in [0.15, 0.2) is 10.1 Å². The number of carbonyl (C=O) groups excluding carboxylic acids is 2. The van der Waals surface area contributed by atoms with Crippen molar-refractivity contribution in [3.05, 3.63) is 64.6 Å². The van der Waals surface area contributed by atoms with Crippen LogP contribution in [0.25, 0.3) is 0 Å². The van der Waals surface area contributed by atoms with Crippen molar-refractivity contribution in [1.82, 2.24) is 0 Å². The predicted octanol–water partition coefficient (Wildman–Crippen LogP) is 3.71. The standard InChI is InChI=1S/C22H21NO4S2.2Li.2H/c1-4-5-19-15(6-11-18(13(2)24)20(19)25)12-27-17-9-7-16(8-10-17)23-21(26)14(3)29-22(23)28;;;;/h6-11,25H,3-5,12H2,1-2H3;;;;. The molecule has 2 aromatic rings. The monoisotopic (exact) mass is 443 g/mol. The molecular formula is C22H23Li2NO4S2. The van der Waals surface area contributed by atoms with Gasteiger partial charge in [-0.1, -0.05) is 50.0 Å². The van der Waals surface area contributed by atoms with E-state index in [-0.39, 0.29) is 61.8 Å². The van der Waals surface area contributed by atoms with Gasteiger partial charge in [-0.05, 0) is 49.2 Å². The summed E-state index contributed by atoms with van der Waals surface area (Å²) < 4.78 is 6.33. The number of thioether (sulfide) groups is 1. The Labute approximate surface area is 216 Å². The fourth-order valence-corrected chi connectivity index (χ4v) is 4.26. The maximum absolute atomic E-state index is 12.2. The fourth-order valence-electron chi connectivity index (χ4n) is 3.10. The second-order valence-corrected chi connectivity index (χ2v) is 8.35. The molecule has 1 fully saturated rings. The SMILES string of the molecule is C=C1SC(=S)N(c2ccc(OCc3ccc(C(C)=O)c(O)c3CCC)cc2)C1=O.[LiH].[LiH]. The number of ether oxygens (including phenoxy) is 1. The minimum atomic E-state index is -0.209. The summed E-state index contributed by atoms with van der Waals surface area (Å²) in [5.41, 5.74) is 2.56. The van der Waals surface area contributed by atoms with Crippen LogP contribution >= 0.6 is 24.0 Å². The van der Waals surface area contributed by atoms with E-state index in [1.54, 1.807) is 30.3 Å². The molecule has 1 aliphatic rings. The molecule has 1 N–H and O–H groups in total. The van der Waals surface area contributed by atoms with Gasteiger partial charge < -0.3 is 9.84 Å². The van der Waals surface area contributed by atoms with Crippen molar-refractivity contribution < 1.29 is 19.4 Å². The number of Topliss-reactive ketones (excluding diaryl/α,β-unsaturated/α-hetero) is 1. The number of ketones is 1. The Bertz CT molecular complexity index is 1010. The number of nitrogens with zero attached hydrogens (tertiary/aromatic N) is 1. The van der Waals surface area contributed by atoms with E-state index in [4.69, 9.17) is 17.0 Å². The molecule has 5 nitrogen and oxygen atoms in total. The van der Waals surface area contributed by atoms with Crippen LogP contribution < -0.4 is 9.64 Å². The first-order valence-corrected chi connectivity index (χ1v) is 10.4. The van der Waals surface area contributed by atoms with Crippen molar-refractivity contribution in [2.75, 3.05) is 4.90 Å². The number of aromatic hydroxyl groups is 1. The fraction of sp³-hybridized carbons (Fsp3) is 0.227. The van der Waals surface area contributed by atoms with Crippen molar-refractivity contribution in [3.63, 3.8) is 0 Å². The zero-order chi connectivity index (χ0) is 21.1. The zero-order valence-electron chi connectivity index (χ0n) is 16.2. The van der Waals surface area contributed by atoms with Gasteiger partial charge in [-0.25, -0.2) is 0 Å². The molecule has 1 aliphatic heterocycles. The molecule has 1 heterocycles. The summed E-state index contributed by atoms with van der Waals surface area (Å²) in [6.07, 6.45) is 1.49. The van der Waals surface area contributed by atoms with Crippen LogP contribution in [-0.4, -0.2) is 58.8 Å². The summed E-state index contributed by atoms with van der Waals surface area (Å²) >= 11 is 6.42. The van der Waals surface area contributed by atoms with E-state index in [9.17, 15) is 14.7 Å². The third kappa shape index (κ3) is 6.08. The molecule has 0 aromatic heterocycles. The van der Waals surface area contributed by atoms with Gasteiger partial charge in [-0.15, -0.1) is 0 Å². The summed E-state index contributed by atoms with van der Waals surface area (Å²) in [5, 5.41) is 10.5. The molecule has 2 aromatic carbocycles. The van der Waals surface area contributed by atoms with Gasteiger partial charge >= 0.3 is 37.7 Å². The Kier molecular flexibility index (Phi) is 10.7. The first-order valence-electron chi connectivity index (χ1n) is 9.16. The van der Waals surface area contributed by atoms with Crippen molar-refractivity contribution >= 4 is 83.4 Å². The van der Waals surface area contributed by atoms with Gasteiger partial charge in [-0.2, -0.15) is 0 Å². The molecule has 0 bridgehead atoms. The Balaban J connectivity index is 0.00000240. The topological polar surface area (TPSA) is 66.8 Å². The van der Waals surface area contributed by atoms with Crippen molar-refractivity contribution in [1.29, 1.82) is 0 Å². The average molecular weight is 443 g/mol. The van der Waals surface area contributed by atoms with Crippen molar-refractivity contribution in [2.24, 2.45) is 0 Å².